The molecule has 3 rings (SSSR count). The van der Waals surface area contributed by atoms with Crippen molar-refractivity contribution in [3.8, 4) is 5.75 Å². The van der Waals surface area contributed by atoms with E-state index in [0.717, 1.165) is 12.3 Å². The SMILES string of the molecule is COc1ccc(C(=O)C2(C)Cc3ccccc3CN2)cc1. The van der Waals surface area contributed by atoms with Crippen molar-refractivity contribution in [2.24, 2.45) is 0 Å². The molecule has 21 heavy (non-hydrogen) atoms. The molecule has 108 valence electrons. The van der Waals surface area contributed by atoms with Crippen LogP contribution in [0, 0.1) is 0 Å². The topological polar surface area (TPSA) is 38.3 Å². The van der Waals surface area contributed by atoms with Crippen LogP contribution in [0.15, 0.2) is 48.5 Å². The van der Waals surface area contributed by atoms with E-state index in [1.807, 2.05) is 43.3 Å². The summed E-state index contributed by atoms with van der Waals surface area (Å²) in [4.78, 5) is 12.8. The van der Waals surface area contributed by atoms with Crippen LogP contribution in [0.4, 0.5) is 0 Å². The van der Waals surface area contributed by atoms with Crippen LogP contribution in [0.25, 0.3) is 0 Å². The minimum absolute atomic E-state index is 0.125. The summed E-state index contributed by atoms with van der Waals surface area (Å²) in [5, 5.41) is 3.40. The summed E-state index contributed by atoms with van der Waals surface area (Å²) >= 11 is 0. The van der Waals surface area contributed by atoms with Crippen molar-refractivity contribution in [1.82, 2.24) is 5.32 Å². The molecule has 1 N–H and O–H groups in total. The van der Waals surface area contributed by atoms with E-state index in [1.54, 1.807) is 7.11 Å². The Kier molecular flexibility index (Phi) is 3.52. The molecule has 1 aliphatic heterocycles. The van der Waals surface area contributed by atoms with Gasteiger partial charge in [-0.15, -0.1) is 0 Å². The van der Waals surface area contributed by atoms with Crippen LogP contribution in [-0.2, 0) is 13.0 Å². The van der Waals surface area contributed by atoms with Crippen molar-refractivity contribution < 1.29 is 9.53 Å². The molecule has 1 heterocycles. The third-order valence-corrected chi connectivity index (χ3v) is 4.18. The van der Waals surface area contributed by atoms with Crippen molar-refractivity contribution in [1.29, 1.82) is 0 Å². The van der Waals surface area contributed by atoms with E-state index in [4.69, 9.17) is 4.74 Å². The molecular weight excluding hydrogens is 262 g/mol. The largest absolute Gasteiger partial charge is 0.497 e. The van der Waals surface area contributed by atoms with Gasteiger partial charge >= 0.3 is 0 Å². The lowest BCUT2D eigenvalue weighted by atomic mass is 9.81. The second-order valence-electron chi connectivity index (χ2n) is 5.69. The Labute approximate surface area is 124 Å². The third kappa shape index (κ3) is 2.57. The van der Waals surface area contributed by atoms with Gasteiger partial charge in [0.1, 0.15) is 5.75 Å². The summed E-state index contributed by atoms with van der Waals surface area (Å²) in [6.45, 7) is 2.71. The minimum Gasteiger partial charge on any atom is -0.497 e. The molecule has 3 nitrogen and oxygen atoms in total. The Morgan fingerprint density at radius 1 is 1.10 bits per heavy atom. The third-order valence-electron chi connectivity index (χ3n) is 4.18. The number of methoxy groups -OCH3 is 1. The number of hydrogen-bond acceptors (Lipinski definition) is 3. The molecule has 0 saturated carbocycles. The quantitative estimate of drug-likeness (QED) is 0.879. The van der Waals surface area contributed by atoms with Gasteiger partial charge in [0, 0.05) is 12.1 Å². The van der Waals surface area contributed by atoms with E-state index >= 15 is 0 Å². The number of hydrogen-bond donors (Lipinski definition) is 1. The zero-order valence-corrected chi connectivity index (χ0v) is 12.3. The van der Waals surface area contributed by atoms with Crippen molar-refractivity contribution in [2.45, 2.75) is 25.4 Å². The van der Waals surface area contributed by atoms with Crippen LogP contribution >= 0.6 is 0 Å². The van der Waals surface area contributed by atoms with E-state index in [0.29, 0.717) is 12.0 Å². The maximum Gasteiger partial charge on any atom is 0.182 e. The van der Waals surface area contributed by atoms with E-state index in [1.165, 1.54) is 11.1 Å². The maximum atomic E-state index is 12.8. The molecule has 0 aromatic heterocycles. The molecule has 0 fully saturated rings. The number of rotatable bonds is 3. The highest BCUT2D eigenvalue weighted by Gasteiger charge is 2.36. The predicted molar refractivity (Wildman–Crippen MR) is 82.7 cm³/mol. The Hall–Kier alpha value is -2.13. The highest BCUT2D eigenvalue weighted by Crippen LogP contribution is 2.26. The monoisotopic (exact) mass is 281 g/mol. The van der Waals surface area contributed by atoms with Gasteiger partial charge in [-0.1, -0.05) is 24.3 Å². The number of ether oxygens (including phenoxy) is 1. The van der Waals surface area contributed by atoms with Crippen LogP contribution in [0.2, 0.25) is 0 Å². The zero-order valence-electron chi connectivity index (χ0n) is 12.3. The lowest BCUT2D eigenvalue weighted by Gasteiger charge is -2.35. The number of nitrogens with one attached hydrogen (secondary N) is 1. The van der Waals surface area contributed by atoms with Crippen LogP contribution < -0.4 is 10.1 Å². The van der Waals surface area contributed by atoms with E-state index in [2.05, 4.69) is 17.4 Å². The van der Waals surface area contributed by atoms with E-state index < -0.39 is 5.54 Å². The highest BCUT2D eigenvalue weighted by molar-refractivity contribution is 6.03. The molecule has 0 amide bonds. The van der Waals surface area contributed by atoms with E-state index in [9.17, 15) is 4.79 Å². The summed E-state index contributed by atoms with van der Waals surface area (Å²) in [5.74, 6) is 0.887. The summed E-state index contributed by atoms with van der Waals surface area (Å²) in [7, 11) is 1.62. The van der Waals surface area contributed by atoms with Crippen molar-refractivity contribution in [3.63, 3.8) is 0 Å². The highest BCUT2D eigenvalue weighted by atomic mass is 16.5. The number of carbonyl (C=O) groups is 1. The predicted octanol–water partition coefficient (Wildman–Crippen LogP) is 2.98. The standard InChI is InChI=1S/C18H19NO2/c1-18(11-14-5-3-4-6-15(14)12-19-18)17(20)13-7-9-16(21-2)10-8-13/h3-10,19H,11-12H2,1-2H3. The van der Waals surface area contributed by atoms with Crippen LogP contribution in [0.5, 0.6) is 5.75 Å². The average Bonchev–Trinajstić information content (AvgIpc) is 2.54. The van der Waals surface area contributed by atoms with Crippen molar-refractivity contribution >= 4 is 5.78 Å². The smallest absolute Gasteiger partial charge is 0.182 e. The molecule has 0 saturated heterocycles. The number of carbonyl (C=O) groups excluding carboxylic acids is 1. The van der Waals surface area contributed by atoms with Gasteiger partial charge in [0.2, 0.25) is 0 Å². The van der Waals surface area contributed by atoms with Crippen molar-refractivity contribution in [2.75, 3.05) is 7.11 Å². The number of benzene rings is 2. The first-order valence-corrected chi connectivity index (χ1v) is 7.13. The van der Waals surface area contributed by atoms with E-state index in [-0.39, 0.29) is 5.78 Å². The summed E-state index contributed by atoms with van der Waals surface area (Å²) in [5.41, 5.74) is 2.69. The fraction of sp³-hybridized carbons (Fsp3) is 0.278. The molecule has 3 heteroatoms. The van der Waals surface area contributed by atoms with Gasteiger partial charge in [0.05, 0.1) is 12.6 Å². The summed E-state index contributed by atoms with van der Waals surface area (Å²) in [6.07, 6.45) is 0.716. The van der Waals surface area contributed by atoms with Gasteiger partial charge in [-0.25, -0.2) is 0 Å². The molecule has 1 aliphatic rings. The van der Waals surface area contributed by atoms with Gasteiger partial charge in [0.15, 0.2) is 5.78 Å². The lowest BCUT2D eigenvalue weighted by molar-refractivity contribution is 0.0856. The molecule has 0 spiro atoms. The second kappa shape index (κ2) is 5.34. The molecular formula is C18H19NO2. The Bertz CT molecular complexity index is 663. The molecule has 2 aromatic rings. The molecule has 0 aliphatic carbocycles. The fourth-order valence-corrected chi connectivity index (χ4v) is 2.86. The molecule has 1 unspecified atom stereocenters. The minimum atomic E-state index is -0.553. The molecule has 0 radical (unpaired) electrons. The van der Waals surface area contributed by atoms with Gasteiger partial charge < -0.3 is 10.1 Å². The van der Waals surface area contributed by atoms with Gasteiger partial charge in [-0.3, -0.25) is 4.79 Å². The maximum absolute atomic E-state index is 12.8. The molecule has 2 aromatic carbocycles. The second-order valence-corrected chi connectivity index (χ2v) is 5.69. The fourth-order valence-electron chi connectivity index (χ4n) is 2.86. The number of Topliss-reactive ketones (excluding diaryl/α,β-unsaturated/α-hetero) is 1. The normalized spacial score (nSPS) is 20.7. The first kappa shape index (κ1) is 13.8. The number of fused-ring (bicyclic) bond motifs is 1. The van der Waals surface area contributed by atoms with Crippen LogP contribution in [0.1, 0.15) is 28.4 Å². The van der Waals surface area contributed by atoms with Gasteiger partial charge in [0.25, 0.3) is 0 Å². The van der Waals surface area contributed by atoms with Crippen LogP contribution in [-0.4, -0.2) is 18.4 Å². The number of ketones is 1. The Morgan fingerprint density at radius 2 is 1.76 bits per heavy atom. The Balaban J connectivity index is 1.87. The van der Waals surface area contributed by atoms with Crippen LogP contribution in [0.3, 0.4) is 0 Å². The lowest BCUT2D eigenvalue weighted by Crippen LogP contribution is -2.53. The zero-order chi connectivity index (χ0) is 14.9. The summed E-state index contributed by atoms with van der Waals surface area (Å²) in [6, 6.07) is 15.6. The Morgan fingerprint density at radius 3 is 2.43 bits per heavy atom. The molecule has 0 bridgehead atoms. The first-order chi connectivity index (χ1) is 10.1. The molecule has 1 atom stereocenters. The van der Waals surface area contributed by atoms with Crippen molar-refractivity contribution in [3.05, 3.63) is 65.2 Å². The summed E-state index contributed by atoms with van der Waals surface area (Å²) < 4.78 is 5.14. The van der Waals surface area contributed by atoms with Gasteiger partial charge in [-0.2, -0.15) is 0 Å². The first-order valence-electron chi connectivity index (χ1n) is 7.13. The average molecular weight is 281 g/mol. The van der Waals surface area contributed by atoms with Gasteiger partial charge in [-0.05, 0) is 48.7 Å².